The molecule has 0 bridgehead atoms. The van der Waals surface area contributed by atoms with Crippen LogP contribution in [0.5, 0.6) is 0 Å². The van der Waals surface area contributed by atoms with Crippen LogP contribution in [-0.2, 0) is 14.3 Å². The molecule has 1 aromatic carbocycles. The molecule has 110 valence electrons. The molecule has 0 aliphatic carbocycles. The highest BCUT2D eigenvalue weighted by Crippen LogP contribution is 2.32. The fourth-order valence-corrected chi connectivity index (χ4v) is 2.00. The van der Waals surface area contributed by atoms with Crippen LogP contribution in [0.4, 0.5) is 14.5 Å². The first-order valence-corrected chi connectivity index (χ1v) is 5.97. The highest BCUT2D eigenvalue weighted by atomic mass is 19.1. The second-order valence-corrected chi connectivity index (χ2v) is 4.41. The second kappa shape index (κ2) is 5.43. The number of halogens is 2. The van der Waals surface area contributed by atoms with E-state index in [-0.39, 0.29) is 23.4 Å². The number of rotatable bonds is 3. The van der Waals surface area contributed by atoms with Crippen molar-refractivity contribution in [3.63, 3.8) is 0 Å². The molecule has 1 amide bonds. The van der Waals surface area contributed by atoms with E-state index < -0.39 is 29.3 Å². The zero-order chi connectivity index (χ0) is 15.7. The maximum atomic E-state index is 13.8. The van der Waals surface area contributed by atoms with E-state index >= 15 is 0 Å². The van der Waals surface area contributed by atoms with Gasteiger partial charge in [-0.25, -0.2) is 13.6 Å². The number of Topliss-reactive ketones (excluding diaryl/α,β-unsaturated/α-hetero) is 1. The number of fused-ring (bicyclic) bond motifs is 1. The number of ketones is 1. The fraction of sp³-hybridized carbons (Fsp3) is 0.214. The van der Waals surface area contributed by atoms with E-state index in [1.165, 1.54) is 20.1 Å². The average Bonchev–Trinajstić information content (AvgIpc) is 2.68. The zero-order valence-corrected chi connectivity index (χ0v) is 11.3. The molecule has 1 heterocycles. The maximum Gasteiger partial charge on any atom is 0.333 e. The minimum absolute atomic E-state index is 0.193. The number of nitrogens with zero attached hydrogens (tertiary/aromatic N) is 1. The van der Waals surface area contributed by atoms with E-state index in [9.17, 15) is 23.2 Å². The number of anilines is 1. The molecule has 0 saturated carbocycles. The molecule has 0 aromatic heterocycles. The van der Waals surface area contributed by atoms with E-state index in [1.807, 2.05) is 0 Å². The lowest BCUT2D eigenvalue weighted by Crippen LogP contribution is -2.30. The van der Waals surface area contributed by atoms with Crippen LogP contribution in [0.15, 0.2) is 23.8 Å². The van der Waals surface area contributed by atoms with Crippen LogP contribution < -0.4 is 4.90 Å². The molecule has 0 radical (unpaired) electrons. The largest absolute Gasteiger partial charge is 0.466 e. The summed E-state index contributed by atoms with van der Waals surface area (Å²) in [4.78, 5) is 35.6. The van der Waals surface area contributed by atoms with E-state index in [1.54, 1.807) is 0 Å². The Labute approximate surface area is 118 Å². The van der Waals surface area contributed by atoms with Crippen molar-refractivity contribution in [1.82, 2.24) is 0 Å². The smallest absolute Gasteiger partial charge is 0.333 e. The van der Waals surface area contributed by atoms with Crippen molar-refractivity contribution in [1.29, 1.82) is 0 Å². The maximum absolute atomic E-state index is 13.8. The van der Waals surface area contributed by atoms with Crippen LogP contribution in [0.2, 0.25) is 0 Å². The molecule has 5 nitrogen and oxygen atoms in total. The van der Waals surface area contributed by atoms with Crippen LogP contribution in [0.3, 0.4) is 0 Å². The number of hydrogen-bond acceptors (Lipinski definition) is 4. The number of esters is 1. The summed E-state index contributed by atoms with van der Waals surface area (Å²) in [6.07, 6.45) is 1.33. The molecule has 1 aliphatic heterocycles. The fourth-order valence-electron chi connectivity index (χ4n) is 2.00. The standard InChI is InChI=1S/C14H11F2NO4/c1-7(14(20)21-2)3-4-17-11-9(12(18)13(17)19)5-8(15)6-10(11)16/h3,5-6H,4H2,1-2H3. The van der Waals surface area contributed by atoms with E-state index in [0.29, 0.717) is 6.07 Å². The Morgan fingerprint density at radius 2 is 2.00 bits per heavy atom. The van der Waals surface area contributed by atoms with Crippen molar-refractivity contribution in [3.05, 3.63) is 41.0 Å². The van der Waals surface area contributed by atoms with Crippen molar-refractivity contribution in [2.45, 2.75) is 6.92 Å². The highest BCUT2D eigenvalue weighted by molar-refractivity contribution is 6.52. The number of methoxy groups -OCH3 is 1. The number of benzene rings is 1. The van der Waals surface area contributed by atoms with Gasteiger partial charge in [-0.3, -0.25) is 14.5 Å². The molecule has 1 aliphatic rings. The first-order chi connectivity index (χ1) is 9.86. The zero-order valence-electron chi connectivity index (χ0n) is 11.3. The van der Waals surface area contributed by atoms with Gasteiger partial charge in [-0.15, -0.1) is 0 Å². The monoisotopic (exact) mass is 295 g/mol. The highest BCUT2D eigenvalue weighted by Gasteiger charge is 2.38. The lowest BCUT2D eigenvalue weighted by atomic mass is 10.1. The molecule has 2 rings (SSSR count). The van der Waals surface area contributed by atoms with Crippen LogP contribution in [-0.4, -0.2) is 31.3 Å². The quantitative estimate of drug-likeness (QED) is 0.483. The Bertz CT molecular complexity index is 682. The topological polar surface area (TPSA) is 63.7 Å². The van der Waals surface area contributed by atoms with Gasteiger partial charge in [0.2, 0.25) is 0 Å². The molecular formula is C14H11F2NO4. The molecule has 0 unspecified atom stereocenters. The molecule has 0 saturated heterocycles. The van der Waals surface area contributed by atoms with E-state index in [0.717, 1.165) is 11.0 Å². The third kappa shape index (κ3) is 2.54. The molecule has 0 N–H and O–H groups in total. The van der Waals surface area contributed by atoms with Gasteiger partial charge < -0.3 is 4.74 Å². The number of carbonyl (C=O) groups excluding carboxylic acids is 3. The Morgan fingerprint density at radius 3 is 2.62 bits per heavy atom. The Hall–Kier alpha value is -2.57. The second-order valence-electron chi connectivity index (χ2n) is 4.41. The van der Waals surface area contributed by atoms with Gasteiger partial charge in [-0.1, -0.05) is 6.08 Å². The predicted molar refractivity (Wildman–Crippen MR) is 68.8 cm³/mol. The van der Waals surface area contributed by atoms with Crippen molar-refractivity contribution in [2.24, 2.45) is 0 Å². The third-order valence-corrected chi connectivity index (χ3v) is 3.07. The molecular weight excluding hydrogens is 284 g/mol. The van der Waals surface area contributed by atoms with E-state index in [2.05, 4.69) is 4.74 Å². The molecule has 7 heteroatoms. The van der Waals surface area contributed by atoms with Gasteiger partial charge >= 0.3 is 5.97 Å². The summed E-state index contributed by atoms with van der Waals surface area (Å²) >= 11 is 0. The molecule has 0 fully saturated rings. The first kappa shape index (κ1) is 14.8. The van der Waals surface area contributed by atoms with E-state index in [4.69, 9.17) is 0 Å². The van der Waals surface area contributed by atoms with Crippen LogP contribution in [0.1, 0.15) is 17.3 Å². The van der Waals surface area contributed by atoms with Gasteiger partial charge in [-0.2, -0.15) is 0 Å². The van der Waals surface area contributed by atoms with Crippen LogP contribution in [0, 0.1) is 11.6 Å². The van der Waals surface area contributed by atoms with Gasteiger partial charge in [-0.05, 0) is 13.0 Å². The first-order valence-electron chi connectivity index (χ1n) is 5.97. The van der Waals surface area contributed by atoms with Gasteiger partial charge in [0.25, 0.3) is 11.7 Å². The van der Waals surface area contributed by atoms with Gasteiger partial charge in [0.05, 0.1) is 18.4 Å². The van der Waals surface area contributed by atoms with Crippen molar-refractivity contribution in [3.8, 4) is 0 Å². The van der Waals surface area contributed by atoms with Crippen LogP contribution >= 0.6 is 0 Å². The normalized spacial score (nSPS) is 14.5. The summed E-state index contributed by atoms with van der Waals surface area (Å²) in [6, 6.07) is 1.41. The Morgan fingerprint density at radius 1 is 1.33 bits per heavy atom. The average molecular weight is 295 g/mol. The summed E-state index contributed by atoms with van der Waals surface area (Å²) in [5.41, 5.74) is -0.393. The third-order valence-electron chi connectivity index (χ3n) is 3.07. The SMILES string of the molecule is COC(=O)C(C)=CCN1C(=O)C(=O)c2cc(F)cc(F)c21. The van der Waals surface area contributed by atoms with Gasteiger partial charge in [0.15, 0.2) is 5.82 Å². The summed E-state index contributed by atoms with van der Waals surface area (Å²) < 4.78 is 31.4. The van der Waals surface area contributed by atoms with Crippen LogP contribution in [0.25, 0.3) is 0 Å². The molecule has 1 aromatic rings. The molecule has 0 atom stereocenters. The number of hydrogen-bond donors (Lipinski definition) is 0. The summed E-state index contributed by atoms with van der Waals surface area (Å²) in [5, 5.41) is 0. The Balaban J connectivity index is 2.38. The van der Waals surface area contributed by atoms with Crippen molar-refractivity contribution in [2.75, 3.05) is 18.6 Å². The minimum Gasteiger partial charge on any atom is -0.466 e. The summed E-state index contributed by atoms with van der Waals surface area (Å²) in [7, 11) is 1.20. The number of amides is 1. The molecule has 21 heavy (non-hydrogen) atoms. The predicted octanol–water partition coefficient (Wildman–Crippen LogP) is 1.61. The summed E-state index contributed by atoms with van der Waals surface area (Å²) in [5.74, 6) is -4.49. The summed E-state index contributed by atoms with van der Waals surface area (Å²) in [6.45, 7) is 1.26. The number of ether oxygens (including phenoxy) is 1. The lowest BCUT2D eigenvalue weighted by molar-refractivity contribution is -0.136. The molecule has 0 spiro atoms. The van der Waals surface area contributed by atoms with Crippen molar-refractivity contribution < 1.29 is 27.9 Å². The Kier molecular flexibility index (Phi) is 3.84. The number of carbonyl (C=O) groups is 3. The minimum atomic E-state index is -1.01. The van der Waals surface area contributed by atoms with Gasteiger partial charge in [0.1, 0.15) is 5.82 Å². The van der Waals surface area contributed by atoms with Gasteiger partial charge in [0, 0.05) is 18.2 Å². The van der Waals surface area contributed by atoms with Crippen molar-refractivity contribution >= 4 is 23.3 Å². The lowest BCUT2D eigenvalue weighted by Gasteiger charge is -2.15.